The van der Waals surface area contributed by atoms with Gasteiger partial charge in [0, 0.05) is 28.8 Å². The van der Waals surface area contributed by atoms with Crippen molar-refractivity contribution < 1.29 is 14.5 Å². The van der Waals surface area contributed by atoms with E-state index in [1.54, 1.807) is 17.0 Å². The molecule has 1 heterocycles. The SMILES string of the molecule is CC(C)(C)OC(=O)N1CCc2c(I)cc([N+](=O)[O-])cc2C1. The van der Waals surface area contributed by atoms with Gasteiger partial charge in [0.2, 0.25) is 0 Å². The first kappa shape index (κ1) is 16.0. The molecule has 0 saturated carbocycles. The van der Waals surface area contributed by atoms with Crippen LogP contribution in [0.15, 0.2) is 12.1 Å². The lowest BCUT2D eigenvalue weighted by Gasteiger charge is -2.31. The molecule has 114 valence electrons. The minimum absolute atomic E-state index is 0.0594. The summed E-state index contributed by atoms with van der Waals surface area (Å²) in [6, 6.07) is 3.12. The fourth-order valence-corrected chi connectivity index (χ4v) is 3.15. The number of carbonyl (C=O) groups excluding carboxylic acids is 1. The maximum absolute atomic E-state index is 12.1. The van der Waals surface area contributed by atoms with E-state index in [0.717, 1.165) is 14.7 Å². The van der Waals surface area contributed by atoms with Crippen molar-refractivity contribution in [2.24, 2.45) is 0 Å². The molecule has 2 rings (SSSR count). The number of ether oxygens (including phenoxy) is 1. The first-order valence-corrected chi connectivity index (χ1v) is 7.69. The zero-order valence-electron chi connectivity index (χ0n) is 12.2. The fourth-order valence-electron chi connectivity index (χ4n) is 2.22. The number of hydrogen-bond donors (Lipinski definition) is 0. The van der Waals surface area contributed by atoms with Gasteiger partial charge in [-0.25, -0.2) is 4.79 Å². The Hall–Kier alpha value is -1.38. The van der Waals surface area contributed by atoms with Crippen LogP contribution in [0.3, 0.4) is 0 Å². The number of carbonyl (C=O) groups is 1. The van der Waals surface area contributed by atoms with E-state index < -0.39 is 10.5 Å². The molecule has 0 bridgehead atoms. The van der Waals surface area contributed by atoms with Crippen molar-refractivity contribution in [3.8, 4) is 0 Å². The molecule has 1 aromatic rings. The molecule has 0 N–H and O–H groups in total. The van der Waals surface area contributed by atoms with E-state index in [4.69, 9.17) is 4.74 Å². The topological polar surface area (TPSA) is 72.7 Å². The molecule has 0 aliphatic carbocycles. The number of rotatable bonds is 1. The van der Waals surface area contributed by atoms with Crippen LogP contribution in [-0.2, 0) is 17.7 Å². The molecular weight excluding hydrogens is 387 g/mol. The summed E-state index contributed by atoms with van der Waals surface area (Å²) >= 11 is 2.11. The van der Waals surface area contributed by atoms with Gasteiger partial charge in [-0.1, -0.05) is 0 Å². The average molecular weight is 404 g/mol. The highest BCUT2D eigenvalue weighted by atomic mass is 127. The van der Waals surface area contributed by atoms with Crippen LogP contribution in [0.2, 0.25) is 0 Å². The fraction of sp³-hybridized carbons (Fsp3) is 0.500. The zero-order chi connectivity index (χ0) is 15.8. The maximum atomic E-state index is 12.1. The third-order valence-corrected chi connectivity index (χ3v) is 4.09. The molecule has 0 radical (unpaired) electrons. The maximum Gasteiger partial charge on any atom is 0.410 e. The van der Waals surface area contributed by atoms with E-state index in [9.17, 15) is 14.9 Å². The summed E-state index contributed by atoms with van der Waals surface area (Å²) in [6.07, 6.45) is 0.305. The molecule has 6 nitrogen and oxygen atoms in total. The number of nitro benzene ring substituents is 1. The molecule has 21 heavy (non-hydrogen) atoms. The highest BCUT2D eigenvalue weighted by Gasteiger charge is 2.27. The summed E-state index contributed by atoms with van der Waals surface area (Å²) in [6.45, 7) is 6.36. The monoisotopic (exact) mass is 404 g/mol. The van der Waals surface area contributed by atoms with Gasteiger partial charge < -0.3 is 9.64 Å². The summed E-state index contributed by atoms with van der Waals surface area (Å²) in [4.78, 5) is 24.2. The number of benzene rings is 1. The van der Waals surface area contributed by atoms with E-state index in [2.05, 4.69) is 22.6 Å². The minimum atomic E-state index is -0.547. The first-order chi connectivity index (χ1) is 9.67. The van der Waals surface area contributed by atoms with Gasteiger partial charge in [0.05, 0.1) is 4.92 Å². The van der Waals surface area contributed by atoms with Gasteiger partial charge in [0.25, 0.3) is 5.69 Å². The predicted molar refractivity (Wildman–Crippen MR) is 86.2 cm³/mol. The number of hydrogen-bond acceptors (Lipinski definition) is 4. The Morgan fingerprint density at radius 1 is 1.43 bits per heavy atom. The van der Waals surface area contributed by atoms with Crippen LogP contribution in [0, 0.1) is 13.7 Å². The van der Waals surface area contributed by atoms with Gasteiger partial charge in [-0.05, 0) is 60.9 Å². The van der Waals surface area contributed by atoms with Crippen molar-refractivity contribution in [3.63, 3.8) is 0 Å². The smallest absolute Gasteiger partial charge is 0.410 e. The third kappa shape index (κ3) is 3.84. The number of nitrogens with zero attached hydrogens (tertiary/aromatic N) is 2. The molecule has 0 spiro atoms. The Morgan fingerprint density at radius 3 is 2.67 bits per heavy atom. The zero-order valence-corrected chi connectivity index (χ0v) is 14.3. The normalized spacial score (nSPS) is 14.6. The number of nitro groups is 1. The van der Waals surface area contributed by atoms with Crippen molar-refractivity contribution >= 4 is 34.4 Å². The van der Waals surface area contributed by atoms with Gasteiger partial charge in [-0.15, -0.1) is 0 Å². The number of fused-ring (bicyclic) bond motifs is 1. The minimum Gasteiger partial charge on any atom is -0.444 e. The van der Waals surface area contributed by atoms with Gasteiger partial charge in [-0.2, -0.15) is 0 Å². The van der Waals surface area contributed by atoms with Crippen molar-refractivity contribution in [2.45, 2.75) is 39.3 Å². The van der Waals surface area contributed by atoms with E-state index in [1.165, 1.54) is 0 Å². The van der Waals surface area contributed by atoms with Gasteiger partial charge in [0.15, 0.2) is 0 Å². The van der Waals surface area contributed by atoms with Crippen molar-refractivity contribution in [1.29, 1.82) is 0 Å². The van der Waals surface area contributed by atoms with Gasteiger partial charge >= 0.3 is 6.09 Å². The van der Waals surface area contributed by atoms with E-state index in [0.29, 0.717) is 19.5 Å². The average Bonchev–Trinajstić information content (AvgIpc) is 2.35. The Labute approximate surface area is 136 Å². The quantitative estimate of drug-likeness (QED) is 0.408. The van der Waals surface area contributed by atoms with Crippen molar-refractivity contribution in [2.75, 3.05) is 6.54 Å². The molecule has 1 aliphatic rings. The highest BCUT2D eigenvalue weighted by Crippen LogP contribution is 2.29. The number of halogens is 1. The van der Waals surface area contributed by atoms with E-state index in [1.807, 2.05) is 20.8 Å². The van der Waals surface area contributed by atoms with E-state index in [-0.39, 0.29) is 11.8 Å². The van der Waals surface area contributed by atoms with Crippen LogP contribution in [-0.4, -0.2) is 28.1 Å². The second kappa shape index (κ2) is 5.78. The Morgan fingerprint density at radius 2 is 2.10 bits per heavy atom. The summed E-state index contributed by atoms with van der Waals surface area (Å²) in [7, 11) is 0. The summed E-state index contributed by atoms with van der Waals surface area (Å²) in [5.41, 5.74) is 1.42. The molecule has 1 aromatic carbocycles. The van der Waals surface area contributed by atoms with Crippen LogP contribution in [0.5, 0.6) is 0 Å². The van der Waals surface area contributed by atoms with Gasteiger partial charge in [0.1, 0.15) is 5.60 Å². The molecule has 0 unspecified atom stereocenters. The summed E-state index contributed by atoms with van der Waals surface area (Å²) < 4.78 is 6.23. The Balaban J connectivity index is 2.23. The number of non-ortho nitro benzene ring substituents is 1. The second-order valence-electron chi connectivity index (χ2n) is 5.97. The third-order valence-electron chi connectivity index (χ3n) is 3.13. The molecule has 0 fully saturated rings. The summed E-state index contributed by atoms with van der Waals surface area (Å²) in [5.74, 6) is 0. The standard InChI is InChI=1S/C14H17IN2O4/c1-14(2,3)21-13(18)16-5-4-11-9(8-16)6-10(17(19)20)7-12(11)15/h6-7H,4-5,8H2,1-3H3. The van der Waals surface area contributed by atoms with Crippen molar-refractivity contribution in [1.82, 2.24) is 4.90 Å². The van der Waals surface area contributed by atoms with E-state index >= 15 is 0 Å². The first-order valence-electron chi connectivity index (χ1n) is 6.61. The molecule has 0 saturated heterocycles. The highest BCUT2D eigenvalue weighted by molar-refractivity contribution is 14.1. The van der Waals surface area contributed by atoms with Crippen LogP contribution >= 0.6 is 22.6 Å². The van der Waals surface area contributed by atoms with Crippen LogP contribution < -0.4 is 0 Å². The Bertz CT molecular complexity index is 595. The van der Waals surface area contributed by atoms with Crippen LogP contribution in [0.4, 0.5) is 10.5 Å². The molecule has 7 heteroatoms. The summed E-state index contributed by atoms with van der Waals surface area (Å²) in [5, 5.41) is 10.9. The number of amides is 1. The lowest BCUT2D eigenvalue weighted by Crippen LogP contribution is -2.40. The Kier molecular flexibility index (Phi) is 4.40. The largest absolute Gasteiger partial charge is 0.444 e. The molecule has 0 atom stereocenters. The van der Waals surface area contributed by atoms with Crippen molar-refractivity contribution in [3.05, 3.63) is 36.9 Å². The van der Waals surface area contributed by atoms with Gasteiger partial charge in [-0.3, -0.25) is 10.1 Å². The molecule has 0 aromatic heterocycles. The van der Waals surface area contributed by atoms with Crippen LogP contribution in [0.1, 0.15) is 31.9 Å². The lowest BCUT2D eigenvalue weighted by atomic mass is 9.99. The predicted octanol–water partition coefficient (Wildman–Crippen LogP) is 3.49. The lowest BCUT2D eigenvalue weighted by molar-refractivity contribution is -0.385. The molecular formula is C14H17IN2O4. The molecule has 1 amide bonds. The van der Waals surface area contributed by atoms with Crippen LogP contribution in [0.25, 0.3) is 0 Å². The molecule has 1 aliphatic heterocycles. The second-order valence-corrected chi connectivity index (χ2v) is 7.14.